The molecule has 0 aliphatic heterocycles. The zero-order valence-corrected chi connectivity index (χ0v) is 16.0. The van der Waals surface area contributed by atoms with Crippen molar-refractivity contribution in [3.05, 3.63) is 89.1 Å². The molecular weight excluding hydrogens is 304 g/mol. The van der Waals surface area contributed by atoms with Crippen molar-refractivity contribution < 1.29 is 0 Å². The zero-order chi connectivity index (χ0) is 16.8. The highest BCUT2D eigenvalue weighted by molar-refractivity contribution is 6.96. The smallest absolute Gasteiger partial charge is 0.0806 e. The predicted molar refractivity (Wildman–Crippen MR) is 108 cm³/mol. The molecule has 0 amide bonds. The first-order chi connectivity index (χ1) is 11.7. The van der Waals surface area contributed by atoms with E-state index in [4.69, 9.17) is 0 Å². The Kier molecular flexibility index (Phi) is 5.52. The number of benzene rings is 2. The Morgan fingerprint density at radius 2 is 1.58 bits per heavy atom. The van der Waals surface area contributed by atoms with E-state index in [1.54, 1.807) is 16.0 Å². The Morgan fingerprint density at radius 1 is 0.917 bits per heavy atom. The second-order valence-electron chi connectivity index (χ2n) is 7.07. The normalized spacial score (nSPS) is 16.4. The summed E-state index contributed by atoms with van der Waals surface area (Å²) in [4.78, 5) is 0. The molecule has 0 spiro atoms. The molecule has 0 aromatic heterocycles. The van der Waals surface area contributed by atoms with Crippen LogP contribution in [0.15, 0.2) is 83.6 Å². The van der Waals surface area contributed by atoms with E-state index in [9.17, 15) is 0 Å². The van der Waals surface area contributed by atoms with Gasteiger partial charge >= 0.3 is 0 Å². The molecule has 3 rings (SSSR count). The lowest BCUT2D eigenvalue weighted by molar-refractivity contribution is 0.869. The van der Waals surface area contributed by atoms with Gasteiger partial charge in [0.2, 0.25) is 0 Å². The Morgan fingerprint density at radius 3 is 2.25 bits per heavy atom. The average Bonchev–Trinajstić information content (AvgIpc) is 3.10. The van der Waals surface area contributed by atoms with Gasteiger partial charge in [0.05, 0.1) is 0 Å². The summed E-state index contributed by atoms with van der Waals surface area (Å²) in [6.07, 6.45) is 9.62. The lowest BCUT2D eigenvalue weighted by Gasteiger charge is -2.31. The maximum absolute atomic E-state index is 2.59. The molecule has 2 aromatic rings. The fourth-order valence-electron chi connectivity index (χ4n) is 3.92. The minimum atomic E-state index is -1.61. The molecule has 0 saturated heterocycles. The molecule has 0 heterocycles. The van der Waals surface area contributed by atoms with E-state index >= 15 is 0 Å². The molecule has 1 atom stereocenters. The summed E-state index contributed by atoms with van der Waals surface area (Å²) in [6.45, 7) is 4.90. The van der Waals surface area contributed by atoms with Crippen molar-refractivity contribution in [2.45, 2.75) is 45.2 Å². The van der Waals surface area contributed by atoms with Crippen molar-refractivity contribution in [2.75, 3.05) is 0 Å². The van der Waals surface area contributed by atoms with E-state index in [-0.39, 0.29) is 0 Å². The molecule has 0 fully saturated rings. The quantitative estimate of drug-likeness (QED) is 0.561. The highest BCUT2D eigenvalue weighted by atomic mass is 28.3. The summed E-state index contributed by atoms with van der Waals surface area (Å²) in [5.74, 6) is 0. The van der Waals surface area contributed by atoms with Crippen LogP contribution in [0.3, 0.4) is 0 Å². The Bertz CT molecular complexity index is 712. The van der Waals surface area contributed by atoms with Crippen molar-refractivity contribution in [3.63, 3.8) is 0 Å². The molecule has 0 radical (unpaired) electrons. The van der Waals surface area contributed by atoms with Crippen LogP contribution in [0.25, 0.3) is 0 Å². The maximum atomic E-state index is 2.59. The van der Waals surface area contributed by atoms with Gasteiger partial charge in [-0.2, -0.15) is 0 Å². The van der Waals surface area contributed by atoms with Crippen LogP contribution in [-0.4, -0.2) is 8.07 Å². The van der Waals surface area contributed by atoms with Gasteiger partial charge in [-0.1, -0.05) is 110 Å². The second kappa shape index (κ2) is 7.81. The first kappa shape index (κ1) is 17.0. The van der Waals surface area contributed by atoms with Crippen LogP contribution in [0.2, 0.25) is 12.6 Å². The first-order valence-corrected chi connectivity index (χ1v) is 11.9. The summed E-state index contributed by atoms with van der Waals surface area (Å²) in [5, 5.41) is 3.36. The van der Waals surface area contributed by atoms with Gasteiger partial charge in [0.25, 0.3) is 0 Å². The molecule has 24 heavy (non-hydrogen) atoms. The summed E-state index contributed by atoms with van der Waals surface area (Å²) in [6, 6.07) is 23.6. The van der Waals surface area contributed by atoms with Crippen LogP contribution in [0, 0.1) is 0 Å². The third-order valence-corrected chi connectivity index (χ3v) is 10.2. The van der Waals surface area contributed by atoms with Gasteiger partial charge in [-0.3, -0.25) is 0 Å². The SMILES string of the molecule is CCCC[Si](C)(C1=C(Cc2ccccc2)C=CC1)c1ccccc1. The van der Waals surface area contributed by atoms with Crippen molar-refractivity contribution in [3.8, 4) is 0 Å². The van der Waals surface area contributed by atoms with Gasteiger partial charge in [0.15, 0.2) is 0 Å². The molecule has 1 aliphatic carbocycles. The summed E-state index contributed by atoms with van der Waals surface area (Å²) in [5.41, 5.74) is 3.01. The Balaban J connectivity index is 1.98. The van der Waals surface area contributed by atoms with Crippen molar-refractivity contribution in [1.29, 1.82) is 0 Å². The molecule has 2 aromatic carbocycles. The average molecular weight is 333 g/mol. The van der Waals surface area contributed by atoms with Gasteiger partial charge in [-0.25, -0.2) is 0 Å². The summed E-state index contributed by atoms with van der Waals surface area (Å²) in [7, 11) is -1.61. The van der Waals surface area contributed by atoms with Crippen LogP contribution in [0.5, 0.6) is 0 Å². The first-order valence-electron chi connectivity index (χ1n) is 9.22. The summed E-state index contributed by atoms with van der Waals surface area (Å²) < 4.78 is 0. The van der Waals surface area contributed by atoms with Gasteiger partial charge in [-0.05, 0) is 30.0 Å². The molecule has 124 valence electrons. The van der Waals surface area contributed by atoms with Crippen LogP contribution in [-0.2, 0) is 6.42 Å². The van der Waals surface area contributed by atoms with Crippen molar-refractivity contribution in [2.24, 2.45) is 0 Å². The number of allylic oxidation sites excluding steroid dienone is 4. The molecular formula is C23H28Si. The minimum Gasteiger partial charge on any atom is -0.0806 e. The van der Waals surface area contributed by atoms with Gasteiger partial charge in [0.1, 0.15) is 8.07 Å². The van der Waals surface area contributed by atoms with Crippen LogP contribution in [0.4, 0.5) is 0 Å². The molecule has 1 unspecified atom stereocenters. The van der Waals surface area contributed by atoms with Crippen LogP contribution in [0.1, 0.15) is 31.7 Å². The standard InChI is InChI=1S/C23H28Si/c1-3-4-18-24(2,22-15-9-6-10-16-22)23-17-11-14-21(23)19-20-12-7-5-8-13-20/h5-16H,3-4,17-19H2,1-2H3. The number of hydrogen-bond acceptors (Lipinski definition) is 0. The van der Waals surface area contributed by atoms with Gasteiger partial charge in [-0.15, -0.1) is 0 Å². The third kappa shape index (κ3) is 3.62. The molecule has 0 nitrogen and oxygen atoms in total. The van der Waals surface area contributed by atoms with Crippen LogP contribution < -0.4 is 5.19 Å². The van der Waals surface area contributed by atoms with E-state index in [1.165, 1.54) is 24.4 Å². The van der Waals surface area contributed by atoms with E-state index in [0.29, 0.717) is 0 Å². The van der Waals surface area contributed by atoms with Crippen molar-refractivity contribution in [1.82, 2.24) is 0 Å². The Hall–Kier alpha value is -1.86. The molecule has 0 saturated carbocycles. The number of hydrogen-bond donors (Lipinski definition) is 0. The molecule has 0 N–H and O–H groups in total. The predicted octanol–water partition coefficient (Wildman–Crippen LogP) is 5.81. The topological polar surface area (TPSA) is 0 Å². The number of unbranched alkanes of at least 4 members (excludes halogenated alkanes) is 1. The van der Waals surface area contributed by atoms with E-state index in [1.807, 2.05) is 0 Å². The fraction of sp³-hybridized carbons (Fsp3) is 0.304. The lowest BCUT2D eigenvalue weighted by Crippen LogP contribution is -2.47. The largest absolute Gasteiger partial charge is 0.111 e. The highest BCUT2D eigenvalue weighted by Gasteiger charge is 2.35. The second-order valence-corrected chi connectivity index (χ2v) is 11.4. The van der Waals surface area contributed by atoms with Gasteiger partial charge < -0.3 is 0 Å². The lowest BCUT2D eigenvalue weighted by atomic mass is 10.1. The van der Waals surface area contributed by atoms with E-state index < -0.39 is 8.07 Å². The molecule has 0 bridgehead atoms. The summed E-state index contributed by atoms with van der Waals surface area (Å²) >= 11 is 0. The minimum absolute atomic E-state index is 1.08. The third-order valence-electron chi connectivity index (χ3n) is 5.37. The number of rotatable bonds is 7. The fourth-order valence-corrected chi connectivity index (χ4v) is 8.29. The molecule has 1 heteroatoms. The zero-order valence-electron chi connectivity index (χ0n) is 15.0. The van der Waals surface area contributed by atoms with E-state index in [2.05, 4.69) is 86.3 Å². The van der Waals surface area contributed by atoms with Gasteiger partial charge in [0, 0.05) is 0 Å². The highest BCUT2D eigenvalue weighted by Crippen LogP contribution is 2.33. The Labute approximate surface area is 147 Å². The molecule has 1 aliphatic rings. The van der Waals surface area contributed by atoms with E-state index in [0.717, 1.165) is 12.8 Å². The maximum Gasteiger partial charge on any atom is 0.111 e. The monoisotopic (exact) mass is 332 g/mol. The van der Waals surface area contributed by atoms with Crippen LogP contribution >= 0.6 is 0 Å². The van der Waals surface area contributed by atoms with Crippen molar-refractivity contribution >= 4 is 13.3 Å².